The monoisotopic (exact) mass is 465 g/mol. The summed E-state index contributed by atoms with van der Waals surface area (Å²) in [5.74, 6) is -1.12. The van der Waals surface area contributed by atoms with E-state index in [2.05, 4.69) is 31.8 Å². The number of hydrogen-bond acceptors (Lipinski definition) is 4. The molecule has 0 aliphatic heterocycles. The lowest BCUT2D eigenvalue weighted by molar-refractivity contribution is -0.126. The molecule has 0 unspecified atom stereocenters. The van der Waals surface area contributed by atoms with Crippen LogP contribution in [0.15, 0.2) is 88.4 Å². The summed E-state index contributed by atoms with van der Waals surface area (Å²) < 4.78 is 0.526. The number of phenolic OH excluding ortho intramolecular Hbond substituents is 1. The average molecular weight is 466 g/mol. The first-order valence-corrected chi connectivity index (χ1v) is 10.0. The molecule has 0 atom stereocenters. The second-order valence-electron chi connectivity index (χ2n) is 6.48. The van der Waals surface area contributed by atoms with E-state index < -0.39 is 11.8 Å². The van der Waals surface area contributed by atoms with Crippen LogP contribution in [0.1, 0.15) is 22.6 Å². The molecule has 0 bridgehead atoms. The smallest absolute Gasteiger partial charge is 0.259 e. The quantitative estimate of drug-likeness (QED) is 0.368. The zero-order chi connectivity index (χ0) is 21.3. The van der Waals surface area contributed by atoms with Crippen LogP contribution >= 0.6 is 15.9 Å². The van der Waals surface area contributed by atoms with Gasteiger partial charge in [-0.15, -0.1) is 0 Å². The van der Waals surface area contributed by atoms with E-state index >= 15 is 0 Å². The van der Waals surface area contributed by atoms with Crippen LogP contribution < -0.4 is 10.7 Å². The van der Waals surface area contributed by atoms with Crippen molar-refractivity contribution < 1.29 is 14.7 Å². The van der Waals surface area contributed by atoms with E-state index in [0.29, 0.717) is 10.0 Å². The standard InChI is InChI=1S/C23H20BrN3O3/c24-19-13-16(11-12-20(19)28)14-26-27-21(29)15-25-23(30)22(17-7-3-1-4-8-17)18-9-5-2-6-10-18/h1-14,22,28H,15H2,(H,25,30)(H,27,29)/b26-14-. The van der Waals surface area contributed by atoms with Gasteiger partial charge in [-0.2, -0.15) is 5.10 Å². The lowest BCUT2D eigenvalue weighted by Crippen LogP contribution is -2.37. The summed E-state index contributed by atoms with van der Waals surface area (Å²) in [5, 5.41) is 16.0. The van der Waals surface area contributed by atoms with Gasteiger partial charge in [0.15, 0.2) is 0 Å². The molecule has 0 aromatic heterocycles. The van der Waals surface area contributed by atoms with Gasteiger partial charge in [0.05, 0.1) is 23.1 Å². The molecule has 2 amide bonds. The number of carbonyl (C=O) groups excluding carboxylic acids is 2. The summed E-state index contributed by atoms with van der Waals surface area (Å²) in [4.78, 5) is 24.9. The first-order chi connectivity index (χ1) is 14.5. The van der Waals surface area contributed by atoms with Crippen LogP contribution in [0.25, 0.3) is 0 Å². The summed E-state index contributed by atoms with van der Waals surface area (Å²) in [6, 6.07) is 23.7. The number of nitrogens with one attached hydrogen (secondary N) is 2. The van der Waals surface area contributed by atoms with Gasteiger partial charge in [-0.25, -0.2) is 5.43 Å². The number of nitrogens with zero attached hydrogens (tertiary/aromatic N) is 1. The van der Waals surface area contributed by atoms with Crippen molar-refractivity contribution in [2.45, 2.75) is 5.92 Å². The largest absolute Gasteiger partial charge is 0.507 e. The Balaban J connectivity index is 1.60. The van der Waals surface area contributed by atoms with Gasteiger partial charge in [0, 0.05) is 0 Å². The van der Waals surface area contributed by atoms with Crippen LogP contribution in [-0.4, -0.2) is 29.7 Å². The third-order valence-corrected chi connectivity index (χ3v) is 4.96. The second kappa shape index (κ2) is 10.4. The molecule has 30 heavy (non-hydrogen) atoms. The Bertz CT molecular complexity index is 1000. The first-order valence-electron chi connectivity index (χ1n) is 9.22. The molecule has 0 spiro atoms. The number of hydrogen-bond donors (Lipinski definition) is 3. The normalized spacial score (nSPS) is 10.9. The van der Waals surface area contributed by atoms with Gasteiger partial charge in [-0.1, -0.05) is 60.7 Å². The fraction of sp³-hybridized carbons (Fsp3) is 0.0870. The Kier molecular flexibility index (Phi) is 7.34. The maximum absolute atomic E-state index is 12.9. The molecule has 7 heteroatoms. The molecule has 0 heterocycles. The van der Waals surface area contributed by atoms with Crippen molar-refractivity contribution in [1.29, 1.82) is 0 Å². The summed E-state index contributed by atoms with van der Waals surface area (Å²) >= 11 is 3.21. The molecule has 0 aliphatic carbocycles. The zero-order valence-corrected chi connectivity index (χ0v) is 17.5. The van der Waals surface area contributed by atoms with Crippen LogP contribution in [0.5, 0.6) is 5.75 Å². The van der Waals surface area contributed by atoms with Gasteiger partial charge in [0.2, 0.25) is 5.91 Å². The van der Waals surface area contributed by atoms with Gasteiger partial charge in [-0.3, -0.25) is 9.59 Å². The maximum atomic E-state index is 12.9. The van der Waals surface area contributed by atoms with Crippen molar-refractivity contribution in [2.75, 3.05) is 6.54 Å². The average Bonchev–Trinajstić information content (AvgIpc) is 2.76. The molecular formula is C23H20BrN3O3. The van der Waals surface area contributed by atoms with Crippen LogP contribution in [0.2, 0.25) is 0 Å². The molecule has 3 N–H and O–H groups in total. The van der Waals surface area contributed by atoms with Crippen molar-refractivity contribution in [3.63, 3.8) is 0 Å². The molecule has 0 saturated carbocycles. The minimum absolute atomic E-state index is 0.116. The number of amides is 2. The minimum atomic E-state index is -0.516. The van der Waals surface area contributed by atoms with E-state index in [-0.39, 0.29) is 18.2 Å². The summed E-state index contributed by atoms with van der Waals surface area (Å²) in [6.07, 6.45) is 1.45. The third-order valence-electron chi connectivity index (χ3n) is 4.33. The van der Waals surface area contributed by atoms with Crippen LogP contribution in [0.4, 0.5) is 0 Å². The van der Waals surface area contributed by atoms with Gasteiger partial charge in [0.1, 0.15) is 5.75 Å². The summed E-state index contributed by atoms with van der Waals surface area (Å²) in [6.45, 7) is -0.203. The number of aromatic hydroxyl groups is 1. The molecule has 152 valence electrons. The van der Waals surface area contributed by atoms with Gasteiger partial charge < -0.3 is 10.4 Å². The van der Waals surface area contributed by atoms with E-state index in [4.69, 9.17) is 0 Å². The minimum Gasteiger partial charge on any atom is -0.507 e. The topological polar surface area (TPSA) is 90.8 Å². The molecule has 0 fully saturated rings. The highest BCUT2D eigenvalue weighted by Crippen LogP contribution is 2.25. The molecule has 3 aromatic rings. The Hall–Kier alpha value is -3.45. The lowest BCUT2D eigenvalue weighted by Gasteiger charge is -2.17. The fourth-order valence-corrected chi connectivity index (χ4v) is 3.27. The Morgan fingerprint density at radius 2 is 1.57 bits per heavy atom. The van der Waals surface area contributed by atoms with E-state index in [1.807, 2.05) is 60.7 Å². The number of carbonyl (C=O) groups is 2. The highest BCUT2D eigenvalue weighted by Gasteiger charge is 2.22. The van der Waals surface area contributed by atoms with Gasteiger partial charge in [0.25, 0.3) is 5.91 Å². The van der Waals surface area contributed by atoms with Crippen molar-refractivity contribution >= 4 is 34.0 Å². The number of rotatable bonds is 7. The van der Waals surface area contributed by atoms with Crippen molar-refractivity contribution in [2.24, 2.45) is 5.10 Å². The molecule has 3 rings (SSSR count). The van der Waals surface area contributed by atoms with E-state index in [9.17, 15) is 14.7 Å². The SMILES string of the molecule is O=C(CNC(=O)C(c1ccccc1)c1ccccc1)N/N=C\c1ccc(O)c(Br)c1. The van der Waals surface area contributed by atoms with Crippen molar-refractivity contribution in [3.05, 3.63) is 100 Å². The molecular weight excluding hydrogens is 446 g/mol. The molecule has 0 saturated heterocycles. The lowest BCUT2D eigenvalue weighted by atomic mass is 9.90. The van der Waals surface area contributed by atoms with Crippen molar-refractivity contribution in [1.82, 2.24) is 10.7 Å². The first kappa shape index (κ1) is 21.3. The summed E-state index contributed by atoms with van der Waals surface area (Å²) in [5.41, 5.74) is 4.76. The third kappa shape index (κ3) is 5.78. The molecule has 0 radical (unpaired) electrons. The molecule has 0 aliphatic rings. The molecule has 6 nitrogen and oxygen atoms in total. The predicted octanol–water partition coefficient (Wildman–Crippen LogP) is 3.55. The Morgan fingerprint density at radius 1 is 0.967 bits per heavy atom. The van der Waals surface area contributed by atoms with E-state index in [1.165, 1.54) is 12.3 Å². The molecule has 3 aromatic carbocycles. The number of benzene rings is 3. The van der Waals surface area contributed by atoms with Gasteiger partial charge in [-0.05, 0) is 50.8 Å². The number of halogens is 1. The Morgan fingerprint density at radius 3 is 2.13 bits per heavy atom. The zero-order valence-electron chi connectivity index (χ0n) is 16.0. The highest BCUT2D eigenvalue weighted by molar-refractivity contribution is 9.10. The van der Waals surface area contributed by atoms with Crippen molar-refractivity contribution in [3.8, 4) is 5.75 Å². The number of hydrazone groups is 1. The number of phenols is 1. The predicted molar refractivity (Wildman–Crippen MR) is 119 cm³/mol. The van der Waals surface area contributed by atoms with Gasteiger partial charge >= 0.3 is 0 Å². The van der Waals surface area contributed by atoms with E-state index in [1.54, 1.807) is 12.1 Å². The Labute approximate surface area is 182 Å². The highest BCUT2D eigenvalue weighted by atomic mass is 79.9. The van der Waals surface area contributed by atoms with Crippen LogP contribution in [0, 0.1) is 0 Å². The second-order valence-corrected chi connectivity index (χ2v) is 7.33. The van der Waals surface area contributed by atoms with Crippen LogP contribution in [0.3, 0.4) is 0 Å². The van der Waals surface area contributed by atoms with E-state index in [0.717, 1.165) is 11.1 Å². The fourth-order valence-electron chi connectivity index (χ4n) is 2.88. The summed E-state index contributed by atoms with van der Waals surface area (Å²) in [7, 11) is 0. The maximum Gasteiger partial charge on any atom is 0.259 e. The van der Waals surface area contributed by atoms with Crippen LogP contribution in [-0.2, 0) is 9.59 Å².